The van der Waals surface area contributed by atoms with Gasteiger partial charge in [0.05, 0.1) is 6.61 Å². The van der Waals surface area contributed by atoms with Gasteiger partial charge in [-0.25, -0.2) is 0 Å². The van der Waals surface area contributed by atoms with Crippen LogP contribution in [0.1, 0.15) is 30.4 Å². The summed E-state index contributed by atoms with van der Waals surface area (Å²) in [4.78, 5) is 12.3. The van der Waals surface area contributed by atoms with Crippen LogP contribution in [0.2, 0.25) is 5.02 Å². The van der Waals surface area contributed by atoms with E-state index in [9.17, 15) is 4.79 Å². The Morgan fingerprint density at radius 2 is 2.35 bits per heavy atom. The van der Waals surface area contributed by atoms with E-state index in [1.807, 2.05) is 12.1 Å². The molecule has 1 fully saturated rings. The van der Waals surface area contributed by atoms with Crippen molar-refractivity contribution in [3.05, 3.63) is 28.3 Å². The van der Waals surface area contributed by atoms with E-state index >= 15 is 0 Å². The average Bonchev–Trinajstić information content (AvgIpc) is 2.88. The zero-order valence-electron chi connectivity index (χ0n) is 11.6. The molecule has 2 aliphatic rings. The number of halogens is 1. The van der Waals surface area contributed by atoms with Crippen LogP contribution in [0.5, 0.6) is 5.75 Å². The van der Waals surface area contributed by atoms with Crippen molar-refractivity contribution >= 4 is 17.4 Å². The Morgan fingerprint density at radius 1 is 1.45 bits per heavy atom. The highest BCUT2D eigenvalue weighted by Crippen LogP contribution is 2.33. The molecule has 0 spiro atoms. The molecular weight excluding hydrogens is 274 g/mol. The van der Waals surface area contributed by atoms with Gasteiger partial charge in [0, 0.05) is 29.8 Å². The number of hydrogen-bond acceptors (Lipinski definition) is 3. The van der Waals surface area contributed by atoms with E-state index in [1.54, 1.807) is 0 Å². The van der Waals surface area contributed by atoms with Crippen molar-refractivity contribution in [2.24, 2.45) is 5.92 Å². The molecule has 2 aliphatic heterocycles. The summed E-state index contributed by atoms with van der Waals surface area (Å²) in [6.07, 6.45) is 4.33. The second kappa shape index (κ2) is 6.15. The summed E-state index contributed by atoms with van der Waals surface area (Å²) in [5, 5.41) is 4.06. The van der Waals surface area contributed by atoms with Crippen LogP contribution in [0.15, 0.2) is 12.1 Å². The first-order valence-corrected chi connectivity index (χ1v) is 7.76. The van der Waals surface area contributed by atoms with Gasteiger partial charge in [0.25, 0.3) is 0 Å². The molecule has 0 amide bonds. The average molecular weight is 294 g/mol. The van der Waals surface area contributed by atoms with E-state index in [0.717, 1.165) is 42.8 Å². The van der Waals surface area contributed by atoms with Gasteiger partial charge in [-0.1, -0.05) is 11.6 Å². The molecule has 1 aromatic carbocycles. The number of ether oxygens (including phenoxy) is 1. The van der Waals surface area contributed by atoms with Crippen molar-refractivity contribution in [1.82, 2.24) is 5.32 Å². The van der Waals surface area contributed by atoms with E-state index < -0.39 is 0 Å². The zero-order valence-corrected chi connectivity index (χ0v) is 12.3. The van der Waals surface area contributed by atoms with Gasteiger partial charge in [-0.15, -0.1) is 0 Å². The molecule has 0 bridgehead atoms. The maximum absolute atomic E-state index is 12.3. The van der Waals surface area contributed by atoms with Gasteiger partial charge in [-0.3, -0.25) is 4.79 Å². The molecule has 1 unspecified atom stereocenters. The van der Waals surface area contributed by atoms with Crippen LogP contribution in [0, 0.1) is 5.92 Å². The largest absolute Gasteiger partial charge is 0.493 e. The standard InChI is InChI=1S/C16H20ClNO2/c17-14-7-12-3-5-20-16(12)13(8-14)9-15(19)6-11-2-1-4-18-10-11/h7-8,11,18H,1-6,9-10H2. The summed E-state index contributed by atoms with van der Waals surface area (Å²) >= 11 is 6.13. The number of rotatable bonds is 4. The number of nitrogens with one attached hydrogen (secondary N) is 1. The van der Waals surface area contributed by atoms with Crippen molar-refractivity contribution in [3.8, 4) is 5.75 Å². The quantitative estimate of drug-likeness (QED) is 0.928. The van der Waals surface area contributed by atoms with E-state index in [-0.39, 0.29) is 0 Å². The third kappa shape index (κ3) is 3.15. The van der Waals surface area contributed by atoms with Crippen LogP contribution in [0.3, 0.4) is 0 Å². The van der Waals surface area contributed by atoms with Crippen LogP contribution in [0.25, 0.3) is 0 Å². The Morgan fingerprint density at radius 3 is 3.15 bits per heavy atom. The van der Waals surface area contributed by atoms with Gasteiger partial charge in [0.2, 0.25) is 0 Å². The molecule has 3 nitrogen and oxygen atoms in total. The van der Waals surface area contributed by atoms with Gasteiger partial charge < -0.3 is 10.1 Å². The molecule has 2 heterocycles. The number of carbonyl (C=O) groups is 1. The fourth-order valence-corrected chi connectivity index (χ4v) is 3.45. The lowest BCUT2D eigenvalue weighted by atomic mass is 9.92. The fraction of sp³-hybridized carbons (Fsp3) is 0.562. The first kappa shape index (κ1) is 13.9. The molecule has 0 radical (unpaired) electrons. The Hall–Kier alpha value is -1.06. The molecule has 1 aromatic rings. The second-order valence-electron chi connectivity index (χ2n) is 5.78. The summed E-state index contributed by atoms with van der Waals surface area (Å²) in [6, 6.07) is 3.83. The highest BCUT2D eigenvalue weighted by molar-refractivity contribution is 6.30. The van der Waals surface area contributed by atoms with Crippen molar-refractivity contribution in [2.75, 3.05) is 19.7 Å². The SMILES string of the molecule is O=C(Cc1cc(Cl)cc2c1OCC2)CC1CCCNC1. The molecule has 3 rings (SSSR count). The third-order valence-electron chi connectivity index (χ3n) is 4.13. The van der Waals surface area contributed by atoms with Crippen LogP contribution in [-0.2, 0) is 17.6 Å². The predicted molar refractivity (Wildman–Crippen MR) is 79.6 cm³/mol. The highest BCUT2D eigenvalue weighted by atomic mass is 35.5. The number of benzene rings is 1. The minimum absolute atomic E-state index is 0.290. The molecule has 0 aliphatic carbocycles. The fourth-order valence-electron chi connectivity index (χ4n) is 3.18. The lowest BCUT2D eigenvalue weighted by Gasteiger charge is -2.22. The minimum Gasteiger partial charge on any atom is -0.493 e. The number of fused-ring (bicyclic) bond motifs is 1. The number of piperidine rings is 1. The molecule has 108 valence electrons. The summed E-state index contributed by atoms with van der Waals surface area (Å²) in [6.45, 7) is 2.75. The van der Waals surface area contributed by atoms with E-state index in [4.69, 9.17) is 16.3 Å². The molecule has 0 aromatic heterocycles. The molecule has 1 atom stereocenters. The molecule has 1 N–H and O–H groups in total. The first-order valence-electron chi connectivity index (χ1n) is 7.39. The zero-order chi connectivity index (χ0) is 13.9. The van der Waals surface area contributed by atoms with Crippen LogP contribution in [0.4, 0.5) is 0 Å². The van der Waals surface area contributed by atoms with Gasteiger partial charge in [-0.05, 0) is 49.5 Å². The maximum Gasteiger partial charge on any atom is 0.137 e. The predicted octanol–water partition coefficient (Wildman–Crippen LogP) is 2.78. The number of ketones is 1. The molecule has 20 heavy (non-hydrogen) atoms. The van der Waals surface area contributed by atoms with Gasteiger partial charge in [-0.2, -0.15) is 0 Å². The Labute approximate surface area is 124 Å². The van der Waals surface area contributed by atoms with Crippen molar-refractivity contribution < 1.29 is 9.53 Å². The molecular formula is C16H20ClNO2. The van der Waals surface area contributed by atoms with Crippen LogP contribution >= 0.6 is 11.6 Å². The van der Waals surface area contributed by atoms with E-state index in [1.165, 1.54) is 6.42 Å². The Bertz CT molecular complexity index is 509. The normalized spacial score (nSPS) is 21.4. The minimum atomic E-state index is 0.290. The summed E-state index contributed by atoms with van der Waals surface area (Å²) in [5.41, 5.74) is 2.10. The number of carbonyl (C=O) groups excluding carboxylic acids is 1. The summed E-state index contributed by atoms with van der Waals surface area (Å²) in [7, 11) is 0. The van der Waals surface area contributed by atoms with Crippen LogP contribution < -0.4 is 10.1 Å². The van der Waals surface area contributed by atoms with E-state index in [0.29, 0.717) is 36.2 Å². The van der Waals surface area contributed by atoms with Crippen molar-refractivity contribution in [3.63, 3.8) is 0 Å². The summed E-state index contributed by atoms with van der Waals surface area (Å²) < 4.78 is 5.65. The lowest BCUT2D eigenvalue weighted by molar-refractivity contribution is -0.119. The summed E-state index contributed by atoms with van der Waals surface area (Å²) in [5.74, 6) is 1.67. The van der Waals surface area contributed by atoms with Crippen molar-refractivity contribution in [1.29, 1.82) is 0 Å². The Balaban J connectivity index is 1.66. The van der Waals surface area contributed by atoms with Gasteiger partial charge in [0.1, 0.15) is 11.5 Å². The monoisotopic (exact) mass is 293 g/mol. The van der Waals surface area contributed by atoms with Crippen LogP contribution in [-0.4, -0.2) is 25.5 Å². The van der Waals surface area contributed by atoms with Gasteiger partial charge in [0.15, 0.2) is 0 Å². The molecule has 4 heteroatoms. The van der Waals surface area contributed by atoms with Gasteiger partial charge >= 0.3 is 0 Å². The molecule has 1 saturated heterocycles. The Kier molecular flexibility index (Phi) is 4.27. The van der Waals surface area contributed by atoms with Crippen molar-refractivity contribution in [2.45, 2.75) is 32.1 Å². The maximum atomic E-state index is 12.3. The lowest BCUT2D eigenvalue weighted by Crippen LogP contribution is -2.31. The number of Topliss-reactive ketones (excluding diaryl/α,β-unsaturated/α-hetero) is 1. The first-order chi connectivity index (χ1) is 9.72. The molecule has 0 saturated carbocycles. The number of hydrogen-bond donors (Lipinski definition) is 1. The smallest absolute Gasteiger partial charge is 0.137 e. The highest BCUT2D eigenvalue weighted by Gasteiger charge is 2.21. The topological polar surface area (TPSA) is 38.3 Å². The third-order valence-corrected chi connectivity index (χ3v) is 4.35. The van der Waals surface area contributed by atoms with E-state index in [2.05, 4.69) is 5.32 Å². The second-order valence-corrected chi connectivity index (χ2v) is 6.22.